The van der Waals surface area contributed by atoms with Crippen LogP contribution < -0.4 is 0 Å². The summed E-state index contributed by atoms with van der Waals surface area (Å²) in [6.07, 6.45) is 4.25. The van der Waals surface area contributed by atoms with Gasteiger partial charge in [-0.25, -0.2) is 0 Å². The van der Waals surface area contributed by atoms with Crippen LogP contribution in [0, 0.1) is 0 Å². The number of nitrogens with zero attached hydrogens (tertiary/aromatic N) is 1. The number of alkyl halides is 1. The molecule has 2 atom stereocenters. The van der Waals surface area contributed by atoms with Crippen LogP contribution in [0.1, 0.15) is 32.6 Å². The average Bonchev–Trinajstić information content (AvgIpc) is 2.92. The standard InChI is InChI=1S/C11H18ClNOS/c1-2-10(12)11(14)13(8-3-4-8)9-5-6-15-7-9/h8-10H,2-7H2,1H3/t9-,10+/m0/s1. The Morgan fingerprint density at radius 2 is 2.20 bits per heavy atom. The molecule has 0 unspecified atom stereocenters. The molecule has 2 rings (SSSR count). The molecule has 0 spiro atoms. The average molecular weight is 248 g/mol. The third kappa shape index (κ3) is 2.62. The second-order valence-electron chi connectivity index (χ2n) is 4.37. The van der Waals surface area contributed by atoms with Crippen LogP contribution in [0.2, 0.25) is 0 Å². The lowest BCUT2D eigenvalue weighted by Gasteiger charge is -2.30. The van der Waals surface area contributed by atoms with Gasteiger partial charge in [0.2, 0.25) is 5.91 Å². The summed E-state index contributed by atoms with van der Waals surface area (Å²) in [4.78, 5) is 14.2. The Morgan fingerprint density at radius 1 is 1.47 bits per heavy atom. The van der Waals surface area contributed by atoms with Gasteiger partial charge in [-0.15, -0.1) is 11.6 Å². The molecule has 0 aromatic rings. The zero-order valence-electron chi connectivity index (χ0n) is 9.12. The number of carbonyl (C=O) groups is 1. The Labute approximate surface area is 101 Å². The van der Waals surface area contributed by atoms with Crippen molar-refractivity contribution in [1.29, 1.82) is 0 Å². The van der Waals surface area contributed by atoms with E-state index in [1.807, 2.05) is 18.7 Å². The third-order valence-corrected chi connectivity index (χ3v) is 4.76. The molecule has 1 heterocycles. The van der Waals surface area contributed by atoms with Crippen molar-refractivity contribution in [2.45, 2.75) is 50.1 Å². The normalized spacial score (nSPS) is 27.7. The number of hydrogen-bond donors (Lipinski definition) is 0. The fourth-order valence-electron chi connectivity index (χ4n) is 2.09. The van der Waals surface area contributed by atoms with Gasteiger partial charge in [-0.1, -0.05) is 6.92 Å². The molecular formula is C11H18ClNOS. The van der Waals surface area contributed by atoms with Crippen molar-refractivity contribution in [2.75, 3.05) is 11.5 Å². The van der Waals surface area contributed by atoms with Crippen molar-refractivity contribution in [1.82, 2.24) is 4.90 Å². The van der Waals surface area contributed by atoms with Gasteiger partial charge in [0.25, 0.3) is 0 Å². The summed E-state index contributed by atoms with van der Waals surface area (Å²) in [5.74, 6) is 2.48. The predicted octanol–water partition coefficient (Wildman–Crippen LogP) is 2.50. The van der Waals surface area contributed by atoms with Crippen LogP contribution in [-0.2, 0) is 4.79 Å². The van der Waals surface area contributed by atoms with Gasteiger partial charge in [-0.2, -0.15) is 11.8 Å². The number of hydrogen-bond acceptors (Lipinski definition) is 2. The molecule has 4 heteroatoms. The van der Waals surface area contributed by atoms with Crippen molar-refractivity contribution < 1.29 is 4.79 Å². The first-order valence-corrected chi connectivity index (χ1v) is 7.37. The lowest BCUT2D eigenvalue weighted by molar-refractivity contribution is -0.133. The van der Waals surface area contributed by atoms with Gasteiger partial charge >= 0.3 is 0 Å². The molecule has 0 aromatic carbocycles. The Hall–Kier alpha value is 0.110. The van der Waals surface area contributed by atoms with Crippen molar-refractivity contribution in [2.24, 2.45) is 0 Å². The molecule has 1 aliphatic heterocycles. The van der Waals surface area contributed by atoms with Crippen LogP contribution in [0.3, 0.4) is 0 Å². The highest BCUT2D eigenvalue weighted by Gasteiger charge is 2.40. The van der Waals surface area contributed by atoms with Gasteiger partial charge in [0.05, 0.1) is 0 Å². The number of amides is 1. The van der Waals surface area contributed by atoms with Crippen LogP contribution in [0.5, 0.6) is 0 Å². The fraction of sp³-hybridized carbons (Fsp3) is 0.909. The molecule has 1 amide bonds. The maximum atomic E-state index is 12.1. The highest BCUT2D eigenvalue weighted by Crippen LogP contribution is 2.34. The van der Waals surface area contributed by atoms with Gasteiger partial charge < -0.3 is 4.90 Å². The molecule has 1 saturated carbocycles. The van der Waals surface area contributed by atoms with E-state index in [1.165, 1.54) is 18.6 Å². The Balaban J connectivity index is 2.01. The van der Waals surface area contributed by atoms with E-state index in [0.29, 0.717) is 12.1 Å². The highest BCUT2D eigenvalue weighted by atomic mass is 35.5. The van der Waals surface area contributed by atoms with E-state index in [0.717, 1.165) is 18.6 Å². The van der Waals surface area contributed by atoms with E-state index in [-0.39, 0.29) is 11.3 Å². The van der Waals surface area contributed by atoms with Crippen molar-refractivity contribution in [3.05, 3.63) is 0 Å². The first kappa shape index (κ1) is 11.6. The largest absolute Gasteiger partial charge is 0.335 e. The van der Waals surface area contributed by atoms with Crippen LogP contribution in [-0.4, -0.2) is 39.8 Å². The second kappa shape index (κ2) is 4.96. The van der Waals surface area contributed by atoms with E-state index < -0.39 is 0 Å². The van der Waals surface area contributed by atoms with Gasteiger partial charge in [0.1, 0.15) is 5.38 Å². The Morgan fingerprint density at radius 3 is 2.67 bits per heavy atom. The number of carbonyl (C=O) groups excluding carboxylic acids is 1. The zero-order chi connectivity index (χ0) is 10.8. The molecule has 0 radical (unpaired) electrons. The van der Waals surface area contributed by atoms with Crippen molar-refractivity contribution >= 4 is 29.3 Å². The minimum Gasteiger partial charge on any atom is -0.335 e. The topological polar surface area (TPSA) is 20.3 Å². The van der Waals surface area contributed by atoms with E-state index in [9.17, 15) is 4.79 Å². The number of thioether (sulfide) groups is 1. The van der Waals surface area contributed by atoms with Crippen LogP contribution in [0.4, 0.5) is 0 Å². The summed E-state index contributed by atoms with van der Waals surface area (Å²) in [6.45, 7) is 1.98. The Bertz CT molecular complexity index is 239. The molecule has 0 aromatic heterocycles. The summed E-state index contributed by atoms with van der Waals surface area (Å²) in [5.41, 5.74) is 0. The highest BCUT2D eigenvalue weighted by molar-refractivity contribution is 7.99. The maximum Gasteiger partial charge on any atom is 0.241 e. The third-order valence-electron chi connectivity index (χ3n) is 3.12. The lowest BCUT2D eigenvalue weighted by Crippen LogP contribution is -2.45. The van der Waals surface area contributed by atoms with Gasteiger partial charge in [0.15, 0.2) is 0 Å². The number of rotatable bonds is 4. The summed E-state index contributed by atoms with van der Waals surface area (Å²) < 4.78 is 0. The minimum atomic E-state index is -0.309. The fourth-order valence-corrected chi connectivity index (χ4v) is 3.41. The zero-order valence-corrected chi connectivity index (χ0v) is 10.7. The smallest absolute Gasteiger partial charge is 0.241 e. The Kier molecular flexibility index (Phi) is 3.83. The molecule has 0 bridgehead atoms. The molecular weight excluding hydrogens is 230 g/mol. The van der Waals surface area contributed by atoms with Crippen LogP contribution in [0.25, 0.3) is 0 Å². The van der Waals surface area contributed by atoms with Crippen LogP contribution >= 0.6 is 23.4 Å². The van der Waals surface area contributed by atoms with Crippen molar-refractivity contribution in [3.8, 4) is 0 Å². The maximum absolute atomic E-state index is 12.1. The quantitative estimate of drug-likeness (QED) is 0.712. The molecule has 2 nitrogen and oxygen atoms in total. The minimum absolute atomic E-state index is 0.175. The monoisotopic (exact) mass is 247 g/mol. The first-order chi connectivity index (χ1) is 7.24. The summed E-state index contributed by atoms with van der Waals surface area (Å²) in [6, 6.07) is 0.969. The molecule has 15 heavy (non-hydrogen) atoms. The molecule has 2 aliphatic rings. The molecule has 86 valence electrons. The van der Waals surface area contributed by atoms with E-state index in [4.69, 9.17) is 11.6 Å². The predicted molar refractivity (Wildman–Crippen MR) is 65.5 cm³/mol. The second-order valence-corrected chi connectivity index (χ2v) is 6.05. The van der Waals surface area contributed by atoms with Crippen LogP contribution in [0.15, 0.2) is 0 Å². The first-order valence-electron chi connectivity index (χ1n) is 5.78. The molecule has 2 fully saturated rings. The molecule has 1 saturated heterocycles. The van der Waals surface area contributed by atoms with Crippen molar-refractivity contribution in [3.63, 3.8) is 0 Å². The molecule has 1 aliphatic carbocycles. The summed E-state index contributed by atoms with van der Waals surface area (Å²) in [5, 5.41) is -0.309. The number of halogens is 1. The van der Waals surface area contributed by atoms with Gasteiger partial charge in [-0.05, 0) is 31.4 Å². The SMILES string of the molecule is CC[C@@H](Cl)C(=O)N(C1CC1)[C@H]1CCSC1. The van der Waals surface area contributed by atoms with E-state index in [1.54, 1.807) is 0 Å². The molecule has 0 N–H and O–H groups in total. The summed E-state index contributed by atoms with van der Waals surface area (Å²) >= 11 is 8.02. The van der Waals surface area contributed by atoms with E-state index in [2.05, 4.69) is 4.90 Å². The summed E-state index contributed by atoms with van der Waals surface area (Å²) in [7, 11) is 0. The van der Waals surface area contributed by atoms with Gasteiger partial charge in [0, 0.05) is 17.8 Å². The van der Waals surface area contributed by atoms with Gasteiger partial charge in [-0.3, -0.25) is 4.79 Å². The van der Waals surface area contributed by atoms with E-state index >= 15 is 0 Å². The lowest BCUT2D eigenvalue weighted by atomic mass is 10.2.